The zero-order valence-electron chi connectivity index (χ0n) is 10.6. The summed E-state index contributed by atoms with van der Waals surface area (Å²) in [5.74, 6) is -0.699. The molecule has 20 heavy (non-hydrogen) atoms. The Bertz CT molecular complexity index is 781. The maximum atomic E-state index is 11.4. The molecule has 0 amide bonds. The van der Waals surface area contributed by atoms with Gasteiger partial charge < -0.3 is 9.84 Å². The molecule has 0 fully saturated rings. The number of hydrogen-bond donors (Lipinski definition) is 1. The van der Waals surface area contributed by atoms with E-state index in [0.29, 0.717) is 16.8 Å². The largest absolute Gasteiger partial charge is 0.480 e. The molecule has 1 aromatic carbocycles. The number of rotatable bonds is 3. The summed E-state index contributed by atoms with van der Waals surface area (Å²) in [6.07, 6.45) is 2.84. The van der Waals surface area contributed by atoms with E-state index in [9.17, 15) is 9.90 Å². The van der Waals surface area contributed by atoms with Crippen molar-refractivity contribution in [1.82, 2.24) is 14.8 Å². The number of ether oxygens (including phenoxy) is 1. The Morgan fingerprint density at radius 1 is 1.25 bits per heavy atom. The monoisotopic (exact) mass is 269 g/mol. The van der Waals surface area contributed by atoms with Crippen LogP contribution in [0.15, 0.2) is 42.7 Å². The molecule has 0 atom stereocenters. The molecule has 100 valence electrons. The first-order valence-corrected chi connectivity index (χ1v) is 5.92. The highest BCUT2D eigenvalue weighted by atomic mass is 16.5. The fourth-order valence-corrected chi connectivity index (χ4v) is 2.10. The fourth-order valence-electron chi connectivity index (χ4n) is 2.10. The van der Waals surface area contributed by atoms with Gasteiger partial charge in [-0.2, -0.15) is 5.10 Å². The van der Waals surface area contributed by atoms with Gasteiger partial charge in [-0.3, -0.25) is 0 Å². The number of nitrogens with zero attached hydrogens (tertiary/aromatic N) is 3. The predicted molar refractivity (Wildman–Crippen MR) is 72.4 cm³/mol. The van der Waals surface area contributed by atoms with E-state index < -0.39 is 5.97 Å². The lowest BCUT2D eigenvalue weighted by molar-refractivity contribution is 0.0698. The molecule has 0 saturated heterocycles. The van der Waals surface area contributed by atoms with Crippen molar-refractivity contribution in [2.75, 3.05) is 7.11 Å². The molecule has 3 rings (SSSR count). The van der Waals surface area contributed by atoms with Gasteiger partial charge in [0.25, 0.3) is 0 Å². The standard InChI is InChI=1S/C14H11N3O3/c1-20-13-10-8-16-17(9-5-3-2-4-6-9)12(10)11(7-15-13)14(18)19/h2-8H,1H3,(H,18,19). The fraction of sp³-hybridized carbons (Fsp3) is 0.0714. The molecular formula is C14H11N3O3. The summed E-state index contributed by atoms with van der Waals surface area (Å²) in [5.41, 5.74) is 1.33. The van der Waals surface area contributed by atoms with Crippen molar-refractivity contribution in [3.63, 3.8) is 0 Å². The van der Waals surface area contributed by atoms with E-state index in [1.807, 2.05) is 30.3 Å². The molecule has 3 aromatic rings. The number of aromatic carboxylic acids is 1. The molecule has 2 heterocycles. The zero-order valence-corrected chi connectivity index (χ0v) is 10.6. The first kappa shape index (κ1) is 12.2. The van der Waals surface area contributed by atoms with Crippen molar-refractivity contribution in [3.05, 3.63) is 48.3 Å². The van der Waals surface area contributed by atoms with Gasteiger partial charge in [-0.1, -0.05) is 18.2 Å². The number of benzene rings is 1. The van der Waals surface area contributed by atoms with Crippen LogP contribution in [0.2, 0.25) is 0 Å². The molecule has 0 bridgehead atoms. The Morgan fingerprint density at radius 3 is 2.65 bits per heavy atom. The Morgan fingerprint density at radius 2 is 2.00 bits per heavy atom. The molecule has 2 aromatic heterocycles. The summed E-state index contributed by atoms with van der Waals surface area (Å²) in [6.45, 7) is 0. The van der Waals surface area contributed by atoms with Crippen molar-refractivity contribution in [1.29, 1.82) is 0 Å². The van der Waals surface area contributed by atoms with Crippen molar-refractivity contribution in [2.24, 2.45) is 0 Å². The van der Waals surface area contributed by atoms with Gasteiger partial charge >= 0.3 is 5.97 Å². The van der Waals surface area contributed by atoms with Gasteiger partial charge in [0, 0.05) is 6.20 Å². The quantitative estimate of drug-likeness (QED) is 0.788. The Hall–Kier alpha value is -2.89. The molecule has 1 N–H and O–H groups in total. The lowest BCUT2D eigenvalue weighted by atomic mass is 10.2. The first-order valence-electron chi connectivity index (χ1n) is 5.92. The molecule has 0 aliphatic carbocycles. The number of aromatic nitrogens is 3. The number of hydrogen-bond acceptors (Lipinski definition) is 4. The topological polar surface area (TPSA) is 77.2 Å². The van der Waals surface area contributed by atoms with Crippen LogP contribution in [0.25, 0.3) is 16.6 Å². The van der Waals surface area contributed by atoms with Crippen LogP contribution in [-0.2, 0) is 0 Å². The van der Waals surface area contributed by atoms with Crippen LogP contribution in [0.5, 0.6) is 5.88 Å². The minimum Gasteiger partial charge on any atom is -0.480 e. The average molecular weight is 269 g/mol. The SMILES string of the molecule is COc1ncc(C(=O)O)c2c1cnn2-c1ccccc1. The van der Waals surface area contributed by atoms with E-state index in [0.717, 1.165) is 5.69 Å². The molecule has 0 radical (unpaired) electrons. The highest BCUT2D eigenvalue weighted by Gasteiger charge is 2.18. The molecule has 0 unspecified atom stereocenters. The molecule has 6 heteroatoms. The van der Waals surface area contributed by atoms with E-state index in [1.54, 1.807) is 10.9 Å². The molecular weight excluding hydrogens is 258 g/mol. The van der Waals surface area contributed by atoms with Crippen LogP contribution in [0.1, 0.15) is 10.4 Å². The molecule has 0 aliphatic heterocycles. The Balaban J connectivity index is 2.37. The summed E-state index contributed by atoms with van der Waals surface area (Å²) >= 11 is 0. The molecule has 0 saturated carbocycles. The highest BCUT2D eigenvalue weighted by molar-refractivity contribution is 6.03. The van der Waals surface area contributed by atoms with Gasteiger partial charge in [0.15, 0.2) is 0 Å². The second-order valence-corrected chi connectivity index (χ2v) is 4.14. The third-order valence-electron chi connectivity index (χ3n) is 2.99. The van der Waals surface area contributed by atoms with Gasteiger partial charge in [-0.05, 0) is 12.1 Å². The van der Waals surface area contributed by atoms with Crippen molar-refractivity contribution in [3.8, 4) is 11.6 Å². The van der Waals surface area contributed by atoms with Crippen LogP contribution in [-0.4, -0.2) is 33.0 Å². The first-order chi connectivity index (χ1) is 9.72. The Labute approximate surface area is 114 Å². The molecule has 0 aliphatic rings. The summed E-state index contributed by atoms with van der Waals surface area (Å²) in [7, 11) is 1.49. The normalized spacial score (nSPS) is 10.7. The maximum Gasteiger partial charge on any atom is 0.339 e. The van der Waals surface area contributed by atoms with E-state index in [4.69, 9.17) is 4.74 Å². The van der Waals surface area contributed by atoms with E-state index in [2.05, 4.69) is 10.1 Å². The minimum absolute atomic E-state index is 0.0853. The second kappa shape index (κ2) is 4.65. The smallest absolute Gasteiger partial charge is 0.339 e. The van der Waals surface area contributed by atoms with E-state index >= 15 is 0 Å². The van der Waals surface area contributed by atoms with Crippen LogP contribution >= 0.6 is 0 Å². The average Bonchev–Trinajstić information content (AvgIpc) is 2.91. The van der Waals surface area contributed by atoms with Gasteiger partial charge in [0.2, 0.25) is 5.88 Å². The van der Waals surface area contributed by atoms with Gasteiger partial charge in [-0.15, -0.1) is 0 Å². The van der Waals surface area contributed by atoms with E-state index in [-0.39, 0.29) is 5.56 Å². The molecule has 6 nitrogen and oxygen atoms in total. The summed E-state index contributed by atoms with van der Waals surface area (Å²) in [6, 6.07) is 9.31. The number of fused-ring (bicyclic) bond motifs is 1. The third-order valence-corrected chi connectivity index (χ3v) is 2.99. The van der Waals surface area contributed by atoms with Gasteiger partial charge in [-0.25, -0.2) is 14.5 Å². The minimum atomic E-state index is -1.05. The number of pyridine rings is 1. The third kappa shape index (κ3) is 1.78. The predicted octanol–water partition coefficient (Wildman–Crippen LogP) is 2.13. The summed E-state index contributed by atoms with van der Waals surface area (Å²) in [4.78, 5) is 15.4. The maximum absolute atomic E-state index is 11.4. The summed E-state index contributed by atoms with van der Waals surface area (Å²) in [5, 5.41) is 14.1. The van der Waals surface area contributed by atoms with Gasteiger partial charge in [0.1, 0.15) is 5.56 Å². The number of para-hydroxylation sites is 1. The number of carbonyl (C=O) groups is 1. The van der Waals surface area contributed by atoms with Crippen molar-refractivity contribution in [2.45, 2.75) is 0 Å². The van der Waals surface area contributed by atoms with Crippen molar-refractivity contribution >= 4 is 16.9 Å². The Kier molecular flexibility index (Phi) is 2.83. The summed E-state index contributed by atoms with van der Waals surface area (Å²) < 4.78 is 6.73. The lowest BCUT2D eigenvalue weighted by Crippen LogP contribution is -2.04. The van der Waals surface area contributed by atoms with Crippen LogP contribution in [0.4, 0.5) is 0 Å². The lowest BCUT2D eigenvalue weighted by Gasteiger charge is -2.07. The highest BCUT2D eigenvalue weighted by Crippen LogP contribution is 2.27. The number of methoxy groups -OCH3 is 1. The van der Waals surface area contributed by atoms with Crippen LogP contribution in [0, 0.1) is 0 Å². The van der Waals surface area contributed by atoms with Crippen LogP contribution in [0.3, 0.4) is 0 Å². The molecule has 0 spiro atoms. The number of carboxylic acid groups (broad SMARTS) is 1. The second-order valence-electron chi connectivity index (χ2n) is 4.14. The van der Waals surface area contributed by atoms with Crippen molar-refractivity contribution < 1.29 is 14.6 Å². The van der Waals surface area contributed by atoms with Gasteiger partial charge in [0.05, 0.1) is 29.9 Å². The van der Waals surface area contributed by atoms with Crippen LogP contribution < -0.4 is 4.74 Å². The number of carboxylic acids is 1. The zero-order chi connectivity index (χ0) is 14.1. The van der Waals surface area contributed by atoms with E-state index in [1.165, 1.54) is 13.3 Å².